The van der Waals surface area contributed by atoms with Crippen LogP contribution in [-0.4, -0.2) is 6.61 Å². The maximum atomic E-state index is 7.11. The zero-order valence-corrected chi connectivity index (χ0v) is 10.7. The maximum absolute atomic E-state index is 7.11. The van der Waals surface area contributed by atoms with Crippen molar-refractivity contribution in [2.45, 2.75) is 40.7 Å². The van der Waals surface area contributed by atoms with Crippen LogP contribution in [0.4, 0.5) is 0 Å². The topological polar surface area (TPSA) is 13.6 Å². The summed E-state index contributed by atoms with van der Waals surface area (Å²) in [5, 5.41) is 0. The Morgan fingerprint density at radius 1 is 1.31 bits per heavy atom. The lowest BCUT2D eigenvalue weighted by Crippen LogP contribution is -2.02. The molecule has 1 aromatic carbocycles. The first-order chi connectivity index (χ1) is 7.52. The smallest absolute Gasteiger partial charge is 0.246 e. The minimum absolute atomic E-state index is 0.0759. The van der Waals surface area contributed by atoms with E-state index in [4.69, 9.17) is 11.3 Å². The Labute approximate surface area is 98.1 Å². The van der Waals surface area contributed by atoms with E-state index >= 15 is 0 Å². The summed E-state index contributed by atoms with van der Waals surface area (Å²) >= 11 is 0. The molecule has 0 aliphatic heterocycles. The summed E-state index contributed by atoms with van der Waals surface area (Å²) in [6, 6.07) is 2.00. The molecular formula is C14H19NO. The van der Waals surface area contributed by atoms with E-state index in [2.05, 4.69) is 24.8 Å². The van der Waals surface area contributed by atoms with Crippen molar-refractivity contribution in [2.75, 3.05) is 6.61 Å². The Bertz CT molecular complexity index is 429. The van der Waals surface area contributed by atoms with Crippen LogP contribution in [0.5, 0.6) is 5.75 Å². The number of rotatable bonds is 3. The van der Waals surface area contributed by atoms with Crippen LogP contribution in [0.15, 0.2) is 6.07 Å². The molecule has 0 aliphatic carbocycles. The van der Waals surface area contributed by atoms with Crippen molar-refractivity contribution in [1.82, 2.24) is 0 Å². The number of ether oxygens (including phenoxy) is 1. The van der Waals surface area contributed by atoms with Gasteiger partial charge in [0.25, 0.3) is 0 Å². The first-order valence-electron chi connectivity index (χ1n) is 5.63. The van der Waals surface area contributed by atoms with E-state index in [1.54, 1.807) is 0 Å². The Morgan fingerprint density at radius 2 is 1.94 bits per heavy atom. The van der Waals surface area contributed by atoms with E-state index in [9.17, 15) is 0 Å². The second-order valence-electron chi connectivity index (χ2n) is 4.10. The van der Waals surface area contributed by atoms with Crippen LogP contribution in [0.2, 0.25) is 0 Å². The monoisotopic (exact) mass is 217 g/mol. The molecule has 0 fully saturated rings. The van der Waals surface area contributed by atoms with Gasteiger partial charge in [-0.2, -0.15) is 0 Å². The molecule has 1 unspecified atom stereocenters. The molecule has 2 nitrogen and oxygen atoms in total. The van der Waals surface area contributed by atoms with Crippen LogP contribution in [-0.2, 0) is 0 Å². The van der Waals surface area contributed by atoms with Gasteiger partial charge in [-0.15, -0.1) is 0 Å². The SMILES string of the molecule is [C-]#[N+]C(C)c1cc(C)c(OCC)c(C)c1C. The number of nitrogens with zero attached hydrogens (tertiary/aromatic N) is 1. The molecule has 16 heavy (non-hydrogen) atoms. The van der Waals surface area contributed by atoms with Crippen LogP contribution in [0.1, 0.15) is 42.1 Å². The van der Waals surface area contributed by atoms with Crippen molar-refractivity contribution >= 4 is 0 Å². The average Bonchev–Trinajstić information content (AvgIpc) is 2.28. The van der Waals surface area contributed by atoms with Crippen LogP contribution < -0.4 is 4.74 Å². The van der Waals surface area contributed by atoms with Crippen LogP contribution >= 0.6 is 0 Å². The molecule has 2 heteroatoms. The Hall–Kier alpha value is -1.49. The van der Waals surface area contributed by atoms with E-state index in [1.165, 1.54) is 5.56 Å². The summed E-state index contributed by atoms with van der Waals surface area (Å²) in [4.78, 5) is 3.59. The van der Waals surface area contributed by atoms with Gasteiger partial charge in [-0.05, 0) is 50.5 Å². The highest BCUT2D eigenvalue weighted by Crippen LogP contribution is 2.32. The van der Waals surface area contributed by atoms with Gasteiger partial charge in [-0.1, -0.05) is 0 Å². The van der Waals surface area contributed by atoms with E-state index in [1.807, 2.05) is 20.8 Å². The minimum Gasteiger partial charge on any atom is -0.493 e. The molecule has 86 valence electrons. The highest BCUT2D eigenvalue weighted by atomic mass is 16.5. The molecule has 0 N–H and O–H groups in total. The van der Waals surface area contributed by atoms with Gasteiger partial charge >= 0.3 is 0 Å². The van der Waals surface area contributed by atoms with Crippen LogP contribution in [0.3, 0.4) is 0 Å². The first kappa shape index (κ1) is 12.6. The molecule has 1 aromatic rings. The first-order valence-corrected chi connectivity index (χ1v) is 5.63. The lowest BCUT2D eigenvalue weighted by Gasteiger charge is -2.16. The molecule has 0 spiro atoms. The fourth-order valence-corrected chi connectivity index (χ4v) is 1.96. The second-order valence-corrected chi connectivity index (χ2v) is 4.10. The molecule has 1 atom stereocenters. The summed E-state index contributed by atoms with van der Waals surface area (Å²) in [6.07, 6.45) is 0. The fraction of sp³-hybridized carbons (Fsp3) is 0.500. The van der Waals surface area contributed by atoms with E-state index < -0.39 is 0 Å². The van der Waals surface area contributed by atoms with Gasteiger partial charge in [0.2, 0.25) is 6.04 Å². The van der Waals surface area contributed by atoms with Gasteiger partial charge in [-0.3, -0.25) is 0 Å². The van der Waals surface area contributed by atoms with Gasteiger partial charge in [0, 0.05) is 12.5 Å². The number of aryl methyl sites for hydroxylation is 1. The molecule has 0 aromatic heterocycles. The van der Waals surface area contributed by atoms with Crippen molar-refractivity contribution in [2.24, 2.45) is 0 Å². The quantitative estimate of drug-likeness (QED) is 0.698. The van der Waals surface area contributed by atoms with Crippen molar-refractivity contribution in [1.29, 1.82) is 0 Å². The lowest BCUT2D eigenvalue weighted by atomic mass is 9.95. The molecule has 1 rings (SSSR count). The zero-order valence-electron chi connectivity index (χ0n) is 10.7. The summed E-state index contributed by atoms with van der Waals surface area (Å²) in [6.45, 7) is 17.9. The predicted molar refractivity (Wildman–Crippen MR) is 66.8 cm³/mol. The van der Waals surface area contributed by atoms with Crippen molar-refractivity contribution in [3.05, 3.63) is 39.7 Å². The van der Waals surface area contributed by atoms with Crippen molar-refractivity contribution in [3.63, 3.8) is 0 Å². The molecule has 0 saturated heterocycles. The molecule has 0 saturated carbocycles. The highest BCUT2D eigenvalue weighted by Gasteiger charge is 2.17. The summed E-state index contributed by atoms with van der Waals surface area (Å²) in [7, 11) is 0. The summed E-state index contributed by atoms with van der Waals surface area (Å²) in [5.74, 6) is 0.973. The largest absolute Gasteiger partial charge is 0.493 e. The molecular weight excluding hydrogens is 198 g/mol. The summed E-state index contributed by atoms with van der Waals surface area (Å²) in [5.41, 5.74) is 4.58. The molecule has 0 bridgehead atoms. The number of hydrogen-bond acceptors (Lipinski definition) is 1. The Balaban J connectivity index is 3.34. The molecule has 0 heterocycles. The van der Waals surface area contributed by atoms with E-state index in [0.717, 1.165) is 22.4 Å². The van der Waals surface area contributed by atoms with Gasteiger partial charge in [0.15, 0.2) is 0 Å². The van der Waals surface area contributed by atoms with Crippen molar-refractivity contribution in [3.8, 4) is 5.75 Å². The third-order valence-electron chi connectivity index (χ3n) is 3.00. The third-order valence-corrected chi connectivity index (χ3v) is 3.00. The van der Waals surface area contributed by atoms with E-state index in [0.29, 0.717) is 6.61 Å². The predicted octanol–water partition coefficient (Wildman–Crippen LogP) is 3.99. The Kier molecular flexibility index (Phi) is 3.95. The number of benzene rings is 1. The molecule has 0 radical (unpaired) electrons. The second kappa shape index (κ2) is 5.03. The van der Waals surface area contributed by atoms with Gasteiger partial charge in [0.1, 0.15) is 5.75 Å². The third kappa shape index (κ3) is 2.19. The normalized spacial score (nSPS) is 12.0. The lowest BCUT2D eigenvalue weighted by molar-refractivity contribution is 0.335. The number of hydrogen-bond donors (Lipinski definition) is 0. The molecule has 0 amide bonds. The standard InChI is InChI=1S/C14H19NO/c1-7-16-14-9(2)8-13(12(5)15-6)10(3)11(14)4/h8,12H,7H2,1-5H3. The van der Waals surface area contributed by atoms with Crippen LogP contribution in [0.25, 0.3) is 4.85 Å². The molecule has 0 aliphatic rings. The van der Waals surface area contributed by atoms with Gasteiger partial charge in [0.05, 0.1) is 6.61 Å². The summed E-state index contributed by atoms with van der Waals surface area (Å²) < 4.78 is 5.64. The zero-order chi connectivity index (χ0) is 12.3. The van der Waals surface area contributed by atoms with Gasteiger partial charge < -0.3 is 9.58 Å². The Morgan fingerprint density at radius 3 is 2.44 bits per heavy atom. The van der Waals surface area contributed by atoms with E-state index in [-0.39, 0.29) is 6.04 Å². The minimum atomic E-state index is -0.0759. The maximum Gasteiger partial charge on any atom is 0.246 e. The van der Waals surface area contributed by atoms with Gasteiger partial charge in [-0.25, -0.2) is 6.57 Å². The average molecular weight is 217 g/mol. The fourth-order valence-electron chi connectivity index (χ4n) is 1.96. The van der Waals surface area contributed by atoms with Crippen molar-refractivity contribution < 1.29 is 4.74 Å². The van der Waals surface area contributed by atoms with Crippen LogP contribution in [0, 0.1) is 27.3 Å². The highest BCUT2D eigenvalue weighted by molar-refractivity contribution is 5.50.